The van der Waals surface area contributed by atoms with Gasteiger partial charge >= 0.3 is 0 Å². The lowest BCUT2D eigenvalue weighted by molar-refractivity contribution is -0.697. The monoisotopic (exact) mass is 258 g/mol. The summed E-state index contributed by atoms with van der Waals surface area (Å²) in [6.45, 7) is 5.51. The largest absolute Gasteiger partial charge is 0.205 e. The van der Waals surface area contributed by atoms with Crippen molar-refractivity contribution in [3.63, 3.8) is 0 Å². The van der Waals surface area contributed by atoms with Gasteiger partial charge in [-0.3, -0.25) is 0 Å². The second kappa shape index (κ2) is 10.6. The van der Waals surface area contributed by atoms with Gasteiger partial charge < -0.3 is 0 Å². The molecule has 0 bridgehead atoms. The molecule has 0 fully saturated rings. The SMILES string of the molecule is CCCCC#CCCCCCC[n+]1cccc(C)c1. The van der Waals surface area contributed by atoms with E-state index in [1.807, 2.05) is 0 Å². The Morgan fingerprint density at radius 3 is 2.47 bits per heavy atom. The minimum absolute atomic E-state index is 1.08. The number of aryl methyl sites for hydroxylation is 2. The first-order valence-corrected chi connectivity index (χ1v) is 7.74. The van der Waals surface area contributed by atoms with Crippen molar-refractivity contribution >= 4 is 0 Å². The third-order valence-electron chi connectivity index (χ3n) is 3.25. The van der Waals surface area contributed by atoms with Crippen LogP contribution in [0.15, 0.2) is 24.5 Å². The van der Waals surface area contributed by atoms with Gasteiger partial charge in [0.25, 0.3) is 0 Å². The van der Waals surface area contributed by atoms with Crippen LogP contribution in [0, 0.1) is 18.8 Å². The molecule has 0 unspecified atom stereocenters. The van der Waals surface area contributed by atoms with Gasteiger partial charge in [0.15, 0.2) is 12.4 Å². The zero-order valence-electron chi connectivity index (χ0n) is 12.6. The molecule has 1 aromatic rings. The van der Waals surface area contributed by atoms with Crippen LogP contribution in [0.3, 0.4) is 0 Å². The molecule has 19 heavy (non-hydrogen) atoms. The molecule has 1 heterocycles. The molecule has 0 spiro atoms. The van der Waals surface area contributed by atoms with Crippen LogP contribution in [-0.4, -0.2) is 0 Å². The van der Waals surface area contributed by atoms with Crippen LogP contribution >= 0.6 is 0 Å². The predicted molar refractivity (Wildman–Crippen MR) is 81.8 cm³/mol. The van der Waals surface area contributed by atoms with E-state index in [-0.39, 0.29) is 0 Å². The Labute approximate surface area is 119 Å². The molecule has 0 saturated heterocycles. The molecular weight excluding hydrogens is 230 g/mol. The molecule has 0 radical (unpaired) electrons. The van der Waals surface area contributed by atoms with Crippen molar-refractivity contribution in [2.45, 2.75) is 71.8 Å². The van der Waals surface area contributed by atoms with E-state index in [0.29, 0.717) is 0 Å². The highest BCUT2D eigenvalue weighted by molar-refractivity contribution is 5.01. The lowest BCUT2D eigenvalue weighted by atomic mass is 10.1. The van der Waals surface area contributed by atoms with Gasteiger partial charge in [0.1, 0.15) is 6.54 Å². The second-order valence-corrected chi connectivity index (χ2v) is 5.24. The summed E-state index contributed by atoms with van der Waals surface area (Å²) in [6, 6.07) is 4.27. The average Bonchev–Trinajstić information content (AvgIpc) is 2.41. The highest BCUT2D eigenvalue weighted by Crippen LogP contribution is 2.02. The summed E-state index contributed by atoms with van der Waals surface area (Å²) < 4.78 is 2.29. The minimum atomic E-state index is 1.08. The first-order valence-electron chi connectivity index (χ1n) is 7.74. The molecule has 1 rings (SSSR count). The lowest BCUT2D eigenvalue weighted by Gasteiger charge is -1.98. The van der Waals surface area contributed by atoms with E-state index in [1.165, 1.54) is 44.1 Å². The fraction of sp³-hybridized carbons (Fsp3) is 0.611. The number of pyridine rings is 1. The molecule has 0 N–H and O–H groups in total. The first kappa shape index (κ1) is 15.8. The van der Waals surface area contributed by atoms with Crippen molar-refractivity contribution in [3.8, 4) is 11.8 Å². The maximum atomic E-state index is 3.28. The molecule has 0 amide bonds. The number of rotatable bonds is 8. The van der Waals surface area contributed by atoms with E-state index >= 15 is 0 Å². The van der Waals surface area contributed by atoms with E-state index in [4.69, 9.17) is 0 Å². The fourth-order valence-electron chi connectivity index (χ4n) is 2.10. The van der Waals surface area contributed by atoms with Crippen LogP contribution in [-0.2, 0) is 6.54 Å². The Balaban J connectivity index is 1.98. The molecule has 1 aromatic heterocycles. The number of unbranched alkanes of at least 4 members (excludes halogenated alkanes) is 6. The topological polar surface area (TPSA) is 3.88 Å². The number of aromatic nitrogens is 1. The predicted octanol–water partition coefficient (Wildman–Crippen LogP) is 4.43. The van der Waals surface area contributed by atoms with Gasteiger partial charge in [-0.1, -0.05) is 19.8 Å². The Bertz CT molecular complexity index is 398. The summed E-state index contributed by atoms with van der Waals surface area (Å²) >= 11 is 0. The molecule has 0 saturated carbocycles. The van der Waals surface area contributed by atoms with Crippen LogP contribution in [0.25, 0.3) is 0 Å². The van der Waals surface area contributed by atoms with Crippen molar-refractivity contribution < 1.29 is 4.57 Å². The summed E-state index contributed by atoms with van der Waals surface area (Å²) in [4.78, 5) is 0. The Kier molecular flexibility index (Phi) is 8.81. The lowest BCUT2D eigenvalue weighted by Crippen LogP contribution is -2.32. The van der Waals surface area contributed by atoms with Crippen LogP contribution in [0.5, 0.6) is 0 Å². The van der Waals surface area contributed by atoms with Crippen LogP contribution in [0.4, 0.5) is 0 Å². The van der Waals surface area contributed by atoms with E-state index in [2.05, 4.69) is 54.8 Å². The van der Waals surface area contributed by atoms with Crippen molar-refractivity contribution in [3.05, 3.63) is 30.1 Å². The minimum Gasteiger partial charge on any atom is -0.205 e. The second-order valence-electron chi connectivity index (χ2n) is 5.24. The van der Waals surface area contributed by atoms with Crippen molar-refractivity contribution in [1.29, 1.82) is 0 Å². The Hall–Kier alpha value is -1.29. The zero-order chi connectivity index (χ0) is 13.8. The molecule has 0 aliphatic heterocycles. The van der Waals surface area contributed by atoms with Gasteiger partial charge in [0.05, 0.1) is 0 Å². The highest BCUT2D eigenvalue weighted by Gasteiger charge is 1.99. The zero-order valence-corrected chi connectivity index (χ0v) is 12.6. The van der Waals surface area contributed by atoms with E-state index in [1.54, 1.807) is 0 Å². The summed E-state index contributed by atoms with van der Waals surface area (Å²) in [5, 5.41) is 0. The molecule has 0 aromatic carbocycles. The molecule has 1 nitrogen and oxygen atoms in total. The van der Waals surface area contributed by atoms with E-state index < -0.39 is 0 Å². The van der Waals surface area contributed by atoms with Crippen molar-refractivity contribution in [2.75, 3.05) is 0 Å². The van der Waals surface area contributed by atoms with Crippen LogP contribution in [0.1, 0.15) is 63.9 Å². The number of hydrogen-bond donors (Lipinski definition) is 0. The molecule has 104 valence electrons. The molecule has 0 aliphatic carbocycles. The normalized spacial score (nSPS) is 10.0. The average molecular weight is 258 g/mol. The van der Waals surface area contributed by atoms with Gasteiger partial charge in [0.2, 0.25) is 0 Å². The summed E-state index contributed by atoms with van der Waals surface area (Å²) in [7, 11) is 0. The first-order chi connectivity index (χ1) is 9.33. The Morgan fingerprint density at radius 2 is 1.74 bits per heavy atom. The fourth-order valence-corrected chi connectivity index (χ4v) is 2.10. The smallest absolute Gasteiger partial charge is 0.171 e. The number of nitrogens with zero attached hydrogens (tertiary/aromatic N) is 1. The Morgan fingerprint density at radius 1 is 1.00 bits per heavy atom. The summed E-state index contributed by atoms with van der Waals surface area (Å²) in [5.41, 5.74) is 1.34. The maximum absolute atomic E-state index is 3.28. The standard InChI is InChI=1S/C18H28N/c1-3-4-5-6-7-8-9-10-11-12-15-19-16-13-14-18(2)17-19/h13-14,16-17H,3-5,8-12,15H2,1-2H3/q+1. The quantitative estimate of drug-likeness (QED) is 0.369. The van der Waals surface area contributed by atoms with E-state index in [0.717, 1.165) is 19.4 Å². The van der Waals surface area contributed by atoms with Gasteiger partial charge in [-0.25, -0.2) is 4.57 Å². The molecule has 1 heteroatoms. The van der Waals surface area contributed by atoms with Gasteiger partial charge in [-0.15, -0.1) is 11.8 Å². The van der Waals surface area contributed by atoms with Gasteiger partial charge in [-0.2, -0.15) is 0 Å². The summed E-state index contributed by atoms with van der Waals surface area (Å²) in [5.74, 6) is 6.54. The maximum Gasteiger partial charge on any atom is 0.171 e. The van der Waals surface area contributed by atoms with Crippen molar-refractivity contribution in [1.82, 2.24) is 0 Å². The molecular formula is C18H28N+. The highest BCUT2D eigenvalue weighted by atomic mass is 14.9. The van der Waals surface area contributed by atoms with Gasteiger partial charge in [-0.05, 0) is 32.3 Å². The molecule has 0 atom stereocenters. The van der Waals surface area contributed by atoms with E-state index in [9.17, 15) is 0 Å². The van der Waals surface area contributed by atoms with Crippen LogP contribution in [0.2, 0.25) is 0 Å². The third-order valence-corrected chi connectivity index (χ3v) is 3.25. The molecule has 0 aliphatic rings. The van der Waals surface area contributed by atoms with Crippen molar-refractivity contribution in [2.24, 2.45) is 0 Å². The number of hydrogen-bond acceptors (Lipinski definition) is 0. The third kappa shape index (κ3) is 8.43. The summed E-state index contributed by atoms with van der Waals surface area (Å²) in [6.07, 6.45) is 14.2. The van der Waals surface area contributed by atoms with Gasteiger partial charge in [0, 0.05) is 30.9 Å². The van der Waals surface area contributed by atoms with Crippen LogP contribution < -0.4 is 4.57 Å².